The highest BCUT2D eigenvalue weighted by Gasteiger charge is 2.17. The highest BCUT2D eigenvalue weighted by Crippen LogP contribution is 2.16. The molecule has 0 saturated carbocycles. The Bertz CT molecular complexity index is 247. The van der Waals surface area contributed by atoms with Crippen molar-refractivity contribution in [3.8, 4) is 0 Å². The van der Waals surface area contributed by atoms with E-state index in [9.17, 15) is 0 Å². The van der Waals surface area contributed by atoms with Crippen LogP contribution in [0.15, 0.2) is 11.6 Å². The third kappa shape index (κ3) is 2.92. The van der Waals surface area contributed by atoms with Crippen molar-refractivity contribution in [3.05, 3.63) is 16.6 Å². The maximum atomic E-state index is 4.29. The van der Waals surface area contributed by atoms with Crippen molar-refractivity contribution in [2.24, 2.45) is 0 Å². The fraction of sp³-hybridized carbons (Fsp3) is 0.667. The smallest absolute Gasteiger partial charge is 0.109 e. The van der Waals surface area contributed by atoms with Crippen LogP contribution in [-0.4, -0.2) is 24.1 Å². The lowest BCUT2D eigenvalue weighted by Gasteiger charge is -2.16. The minimum absolute atomic E-state index is 0. The third-order valence-electron chi connectivity index (χ3n) is 2.37. The zero-order valence-electron chi connectivity index (χ0n) is 8.19. The lowest BCUT2D eigenvalue weighted by Crippen LogP contribution is -2.33. The molecule has 14 heavy (non-hydrogen) atoms. The van der Waals surface area contributed by atoms with Crippen molar-refractivity contribution in [1.29, 1.82) is 0 Å². The largest absolute Gasteiger partial charge is 0.315 e. The summed E-state index contributed by atoms with van der Waals surface area (Å²) in [6, 6.07) is 1.02. The van der Waals surface area contributed by atoms with E-state index in [1.807, 2.05) is 11.6 Å². The van der Waals surface area contributed by atoms with Crippen molar-refractivity contribution >= 4 is 23.7 Å². The Morgan fingerprint density at radius 3 is 3.14 bits per heavy atom. The zero-order valence-corrected chi connectivity index (χ0v) is 9.83. The number of thiazole rings is 1. The first kappa shape index (κ1) is 11.9. The van der Waals surface area contributed by atoms with Crippen molar-refractivity contribution in [1.82, 2.24) is 15.6 Å². The first-order valence-corrected chi connectivity index (χ1v) is 5.60. The molecule has 80 valence electrons. The molecule has 1 unspecified atom stereocenters. The number of aromatic nitrogens is 1. The monoisotopic (exact) mass is 233 g/mol. The van der Waals surface area contributed by atoms with E-state index in [1.54, 1.807) is 11.3 Å². The van der Waals surface area contributed by atoms with Gasteiger partial charge >= 0.3 is 0 Å². The maximum absolute atomic E-state index is 4.29. The number of hydrogen-bond acceptors (Lipinski definition) is 4. The van der Waals surface area contributed by atoms with Gasteiger partial charge in [0.25, 0.3) is 0 Å². The van der Waals surface area contributed by atoms with E-state index in [2.05, 4.69) is 22.5 Å². The summed E-state index contributed by atoms with van der Waals surface area (Å²) in [5.74, 6) is 0. The lowest BCUT2D eigenvalue weighted by atomic mass is 10.2. The molecule has 2 rings (SSSR count). The van der Waals surface area contributed by atoms with Crippen molar-refractivity contribution < 1.29 is 0 Å². The Hall–Kier alpha value is -0.160. The van der Waals surface area contributed by atoms with Crippen LogP contribution in [0, 0.1) is 0 Å². The molecule has 0 amide bonds. The lowest BCUT2D eigenvalue weighted by molar-refractivity contribution is 0.477. The minimum atomic E-state index is 0. The van der Waals surface area contributed by atoms with Gasteiger partial charge in [-0.3, -0.25) is 0 Å². The zero-order chi connectivity index (χ0) is 9.10. The quantitative estimate of drug-likeness (QED) is 0.833. The van der Waals surface area contributed by atoms with Crippen LogP contribution in [0.3, 0.4) is 0 Å². The molecule has 0 aliphatic carbocycles. The standard InChI is InChI=1S/C9H15N3S.ClH/c1-7(9-11-4-5-13-9)12-8-2-3-10-6-8;/h4-5,7-8,10,12H,2-3,6H2,1H3;1H/t7?,8-;/m1./s1. The van der Waals surface area contributed by atoms with Gasteiger partial charge in [-0.2, -0.15) is 0 Å². The number of hydrogen-bond donors (Lipinski definition) is 2. The highest BCUT2D eigenvalue weighted by atomic mass is 35.5. The summed E-state index contributed by atoms with van der Waals surface area (Å²) in [6.45, 7) is 4.41. The third-order valence-corrected chi connectivity index (χ3v) is 3.33. The van der Waals surface area contributed by atoms with E-state index >= 15 is 0 Å². The van der Waals surface area contributed by atoms with Crippen molar-refractivity contribution in [2.75, 3.05) is 13.1 Å². The van der Waals surface area contributed by atoms with Crippen LogP contribution in [0.2, 0.25) is 0 Å². The van der Waals surface area contributed by atoms with E-state index < -0.39 is 0 Å². The van der Waals surface area contributed by atoms with E-state index in [4.69, 9.17) is 0 Å². The van der Waals surface area contributed by atoms with E-state index in [1.165, 1.54) is 11.4 Å². The second-order valence-corrected chi connectivity index (χ2v) is 4.37. The molecule has 3 nitrogen and oxygen atoms in total. The van der Waals surface area contributed by atoms with Crippen molar-refractivity contribution in [2.45, 2.75) is 25.4 Å². The van der Waals surface area contributed by atoms with Gasteiger partial charge in [0.15, 0.2) is 0 Å². The molecule has 1 aliphatic heterocycles. The topological polar surface area (TPSA) is 37.0 Å². The van der Waals surface area contributed by atoms with Gasteiger partial charge in [-0.25, -0.2) is 4.98 Å². The Balaban J connectivity index is 0.000000980. The average Bonchev–Trinajstić information content (AvgIpc) is 2.74. The molecule has 1 fully saturated rings. The van der Waals surface area contributed by atoms with Gasteiger partial charge < -0.3 is 10.6 Å². The van der Waals surface area contributed by atoms with Gasteiger partial charge in [0.2, 0.25) is 0 Å². The van der Waals surface area contributed by atoms with Gasteiger partial charge in [-0.15, -0.1) is 23.7 Å². The highest BCUT2D eigenvalue weighted by molar-refractivity contribution is 7.09. The van der Waals surface area contributed by atoms with E-state index in [0.29, 0.717) is 12.1 Å². The number of halogens is 1. The van der Waals surface area contributed by atoms with Crippen LogP contribution < -0.4 is 10.6 Å². The molecule has 0 radical (unpaired) electrons. The molecule has 2 N–H and O–H groups in total. The molecule has 2 atom stereocenters. The summed E-state index contributed by atoms with van der Waals surface area (Å²) in [6.07, 6.45) is 3.10. The van der Waals surface area contributed by atoms with Crippen molar-refractivity contribution in [3.63, 3.8) is 0 Å². The Kier molecular flexibility index (Phi) is 4.81. The molecule has 0 bridgehead atoms. The first-order valence-electron chi connectivity index (χ1n) is 4.72. The van der Waals surface area contributed by atoms with Crippen LogP contribution in [0.4, 0.5) is 0 Å². The Labute approximate surface area is 94.7 Å². The second kappa shape index (κ2) is 5.66. The van der Waals surface area contributed by atoms with Gasteiger partial charge in [-0.1, -0.05) is 0 Å². The summed E-state index contributed by atoms with van der Waals surface area (Å²) < 4.78 is 0. The van der Waals surface area contributed by atoms with Gasteiger partial charge in [0.1, 0.15) is 5.01 Å². The number of rotatable bonds is 3. The molecule has 0 spiro atoms. The molecule has 1 aliphatic rings. The van der Waals surface area contributed by atoms with Gasteiger partial charge in [0, 0.05) is 24.2 Å². The molecule has 5 heteroatoms. The summed E-state index contributed by atoms with van der Waals surface area (Å²) in [5, 5.41) is 10.1. The molecule has 1 aromatic rings. The van der Waals surface area contributed by atoms with E-state index in [-0.39, 0.29) is 12.4 Å². The second-order valence-electron chi connectivity index (χ2n) is 3.45. The predicted molar refractivity (Wildman–Crippen MR) is 62.2 cm³/mol. The van der Waals surface area contributed by atoms with Crippen LogP contribution in [0.25, 0.3) is 0 Å². The molecule has 1 aromatic heterocycles. The summed E-state index contributed by atoms with van der Waals surface area (Å²) in [5.41, 5.74) is 0. The molecule has 0 aromatic carbocycles. The number of nitrogens with zero attached hydrogens (tertiary/aromatic N) is 1. The van der Waals surface area contributed by atoms with E-state index in [0.717, 1.165) is 13.1 Å². The summed E-state index contributed by atoms with van der Waals surface area (Å²) in [4.78, 5) is 4.29. The predicted octanol–water partition coefficient (Wildman–Crippen LogP) is 1.58. The van der Waals surface area contributed by atoms with Crippen LogP contribution in [0.5, 0.6) is 0 Å². The van der Waals surface area contributed by atoms with Crippen LogP contribution >= 0.6 is 23.7 Å². The molecule has 1 saturated heterocycles. The minimum Gasteiger partial charge on any atom is -0.315 e. The van der Waals surface area contributed by atoms with Crippen LogP contribution in [0.1, 0.15) is 24.4 Å². The normalized spacial score (nSPS) is 23.1. The fourth-order valence-electron chi connectivity index (χ4n) is 1.67. The molecule has 2 heterocycles. The Morgan fingerprint density at radius 2 is 2.57 bits per heavy atom. The van der Waals surface area contributed by atoms with Crippen LogP contribution in [-0.2, 0) is 0 Å². The number of nitrogens with one attached hydrogen (secondary N) is 2. The summed E-state index contributed by atoms with van der Waals surface area (Å²) in [7, 11) is 0. The van der Waals surface area contributed by atoms with Gasteiger partial charge in [0.05, 0.1) is 6.04 Å². The Morgan fingerprint density at radius 1 is 1.71 bits per heavy atom. The fourth-order valence-corrected chi connectivity index (χ4v) is 2.33. The molecular formula is C9H16ClN3S. The molecular weight excluding hydrogens is 218 g/mol. The SMILES string of the molecule is CC(N[C@@H]1CCNC1)c1nccs1.Cl. The summed E-state index contributed by atoms with van der Waals surface area (Å²) >= 11 is 1.72. The average molecular weight is 234 g/mol. The van der Waals surface area contributed by atoms with Gasteiger partial charge in [-0.05, 0) is 19.9 Å². The first-order chi connectivity index (χ1) is 6.36. The maximum Gasteiger partial charge on any atom is 0.109 e.